The SMILES string of the molecule is CCCC(=O)c1ccc2c(c1)N(CC(=O)OCC(C)C)C(=O)C(C)O2. The molecule has 6 heteroatoms. The van der Waals surface area contributed by atoms with Crippen LogP contribution in [0.25, 0.3) is 0 Å². The number of hydrogen-bond donors (Lipinski definition) is 0. The van der Waals surface area contributed by atoms with Crippen LogP contribution in [0.15, 0.2) is 18.2 Å². The fourth-order valence-corrected chi connectivity index (χ4v) is 2.55. The molecule has 1 aliphatic rings. The highest BCUT2D eigenvalue weighted by Crippen LogP contribution is 2.35. The molecule has 6 nitrogen and oxygen atoms in total. The van der Waals surface area contributed by atoms with Gasteiger partial charge in [-0.3, -0.25) is 19.3 Å². The van der Waals surface area contributed by atoms with E-state index in [0.717, 1.165) is 6.42 Å². The van der Waals surface area contributed by atoms with E-state index >= 15 is 0 Å². The lowest BCUT2D eigenvalue weighted by Crippen LogP contribution is -2.47. The molecular formula is C19H25NO5. The Bertz CT molecular complexity index is 668. The van der Waals surface area contributed by atoms with E-state index in [2.05, 4.69) is 0 Å². The number of benzene rings is 1. The third-order valence-corrected chi connectivity index (χ3v) is 3.83. The van der Waals surface area contributed by atoms with E-state index in [-0.39, 0.29) is 24.2 Å². The molecule has 1 aromatic rings. The summed E-state index contributed by atoms with van der Waals surface area (Å²) in [7, 11) is 0. The molecule has 0 fully saturated rings. The number of anilines is 1. The number of esters is 1. The molecule has 0 aliphatic carbocycles. The Kier molecular flexibility index (Phi) is 6.17. The van der Waals surface area contributed by atoms with E-state index in [1.54, 1.807) is 25.1 Å². The number of nitrogens with zero attached hydrogens (tertiary/aromatic N) is 1. The largest absolute Gasteiger partial charge is 0.479 e. The summed E-state index contributed by atoms with van der Waals surface area (Å²) in [5.74, 6) is -0.106. The lowest BCUT2D eigenvalue weighted by atomic mass is 10.0. The van der Waals surface area contributed by atoms with Crippen LogP contribution in [0.3, 0.4) is 0 Å². The van der Waals surface area contributed by atoms with Gasteiger partial charge in [-0.15, -0.1) is 0 Å². The minimum atomic E-state index is -0.692. The van der Waals surface area contributed by atoms with E-state index in [1.807, 2.05) is 20.8 Å². The number of rotatable bonds is 7. The van der Waals surface area contributed by atoms with Crippen LogP contribution >= 0.6 is 0 Å². The van der Waals surface area contributed by atoms with Crippen molar-refractivity contribution < 1.29 is 23.9 Å². The van der Waals surface area contributed by atoms with E-state index in [1.165, 1.54) is 4.90 Å². The Labute approximate surface area is 148 Å². The Morgan fingerprint density at radius 3 is 2.68 bits per heavy atom. The molecule has 1 aliphatic heterocycles. The zero-order valence-electron chi connectivity index (χ0n) is 15.2. The molecule has 0 spiro atoms. The molecule has 2 rings (SSSR count). The van der Waals surface area contributed by atoms with Crippen LogP contribution in [0.2, 0.25) is 0 Å². The first-order valence-electron chi connectivity index (χ1n) is 8.64. The molecule has 1 atom stereocenters. The van der Waals surface area contributed by atoms with Crippen molar-refractivity contribution in [3.8, 4) is 5.75 Å². The second kappa shape index (κ2) is 8.14. The van der Waals surface area contributed by atoms with Gasteiger partial charge < -0.3 is 9.47 Å². The second-order valence-electron chi connectivity index (χ2n) is 6.62. The van der Waals surface area contributed by atoms with Crippen molar-refractivity contribution in [3.05, 3.63) is 23.8 Å². The van der Waals surface area contributed by atoms with E-state index in [0.29, 0.717) is 30.0 Å². The normalized spacial score (nSPS) is 16.4. The number of carbonyl (C=O) groups is 3. The molecule has 0 aromatic heterocycles. The highest BCUT2D eigenvalue weighted by molar-refractivity contribution is 6.05. The quantitative estimate of drug-likeness (QED) is 0.560. The number of hydrogen-bond acceptors (Lipinski definition) is 5. The molecule has 0 bridgehead atoms. The molecule has 1 heterocycles. The summed E-state index contributed by atoms with van der Waals surface area (Å²) in [6, 6.07) is 4.98. The van der Waals surface area contributed by atoms with Gasteiger partial charge in [0.05, 0.1) is 12.3 Å². The van der Waals surface area contributed by atoms with Crippen molar-refractivity contribution in [1.29, 1.82) is 0 Å². The summed E-state index contributed by atoms with van der Waals surface area (Å²) in [5, 5.41) is 0. The summed E-state index contributed by atoms with van der Waals surface area (Å²) in [4.78, 5) is 38.0. The molecule has 0 saturated heterocycles. The Balaban J connectivity index is 2.27. The zero-order valence-corrected chi connectivity index (χ0v) is 15.2. The van der Waals surface area contributed by atoms with Gasteiger partial charge in [0.25, 0.3) is 5.91 Å². The molecular weight excluding hydrogens is 322 g/mol. The number of amides is 1. The monoisotopic (exact) mass is 347 g/mol. The summed E-state index contributed by atoms with van der Waals surface area (Å²) < 4.78 is 10.8. The first-order chi connectivity index (χ1) is 11.8. The van der Waals surface area contributed by atoms with Gasteiger partial charge in [-0.25, -0.2) is 0 Å². The molecule has 0 N–H and O–H groups in total. The van der Waals surface area contributed by atoms with Crippen molar-refractivity contribution in [2.75, 3.05) is 18.1 Å². The molecule has 0 radical (unpaired) electrons. The molecule has 25 heavy (non-hydrogen) atoms. The second-order valence-corrected chi connectivity index (χ2v) is 6.62. The Morgan fingerprint density at radius 2 is 2.04 bits per heavy atom. The van der Waals surface area contributed by atoms with Crippen molar-refractivity contribution in [3.63, 3.8) is 0 Å². The minimum absolute atomic E-state index is 0.00120. The Morgan fingerprint density at radius 1 is 1.32 bits per heavy atom. The van der Waals surface area contributed by atoms with Crippen molar-refractivity contribution in [1.82, 2.24) is 0 Å². The third kappa shape index (κ3) is 4.59. The van der Waals surface area contributed by atoms with Crippen molar-refractivity contribution in [2.24, 2.45) is 5.92 Å². The van der Waals surface area contributed by atoms with Crippen LogP contribution in [-0.2, 0) is 14.3 Å². The maximum absolute atomic E-state index is 12.5. The Hall–Kier alpha value is -2.37. The van der Waals surface area contributed by atoms with E-state index in [4.69, 9.17) is 9.47 Å². The van der Waals surface area contributed by atoms with E-state index < -0.39 is 12.1 Å². The van der Waals surface area contributed by atoms with Crippen molar-refractivity contribution in [2.45, 2.75) is 46.6 Å². The van der Waals surface area contributed by atoms with Gasteiger partial charge in [-0.2, -0.15) is 0 Å². The van der Waals surface area contributed by atoms with Gasteiger partial charge in [0.2, 0.25) is 0 Å². The topological polar surface area (TPSA) is 72.9 Å². The van der Waals surface area contributed by atoms with Gasteiger partial charge in [0.15, 0.2) is 11.9 Å². The summed E-state index contributed by atoms with van der Waals surface area (Å²) >= 11 is 0. The van der Waals surface area contributed by atoms with Gasteiger partial charge in [0.1, 0.15) is 12.3 Å². The highest BCUT2D eigenvalue weighted by atomic mass is 16.5. The number of ether oxygens (including phenoxy) is 2. The lowest BCUT2D eigenvalue weighted by molar-refractivity contribution is -0.144. The summed E-state index contributed by atoms with van der Waals surface area (Å²) in [6.07, 6.45) is 0.483. The van der Waals surface area contributed by atoms with Crippen LogP contribution in [-0.4, -0.2) is 36.9 Å². The van der Waals surface area contributed by atoms with Gasteiger partial charge in [0, 0.05) is 12.0 Å². The van der Waals surface area contributed by atoms with E-state index in [9.17, 15) is 14.4 Å². The highest BCUT2D eigenvalue weighted by Gasteiger charge is 2.33. The number of fused-ring (bicyclic) bond motifs is 1. The molecule has 136 valence electrons. The zero-order chi connectivity index (χ0) is 18.6. The molecule has 1 unspecified atom stereocenters. The molecule has 1 aromatic carbocycles. The van der Waals surface area contributed by atoms with Gasteiger partial charge >= 0.3 is 5.97 Å². The summed E-state index contributed by atoms with van der Waals surface area (Å²) in [5.41, 5.74) is 0.943. The molecule has 0 saturated carbocycles. The standard InChI is InChI=1S/C19H25NO5/c1-5-6-16(21)14-7-8-17-15(9-14)20(19(23)13(4)25-17)10-18(22)24-11-12(2)3/h7-9,12-13H,5-6,10-11H2,1-4H3. The maximum Gasteiger partial charge on any atom is 0.326 e. The summed E-state index contributed by atoms with van der Waals surface area (Å²) in [6.45, 7) is 7.55. The predicted molar refractivity (Wildman–Crippen MR) is 93.9 cm³/mol. The number of Topliss-reactive ketones (excluding diaryl/α,β-unsaturated/α-hetero) is 1. The van der Waals surface area contributed by atoms with Crippen LogP contribution in [0.5, 0.6) is 5.75 Å². The van der Waals surface area contributed by atoms with Gasteiger partial charge in [-0.05, 0) is 37.5 Å². The van der Waals surface area contributed by atoms with Crippen LogP contribution in [0, 0.1) is 5.92 Å². The average molecular weight is 347 g/mol. The molecule has 1 amide bonds. The van der Waals surface area contributed by atoms with Crippen LogP contribution in [0.1, 0.15) is 50.9 Å². The van der Waals surface area contributed by atoms with Gasteiger partial charge in [-0.1, -0.05) is 20.8 Å². The smallest absolute Gasteiger partial charge is 0.326 e. The fraction of sp³-hybridized carbons (Fsp3) is 0.526. The third-order valence-electron chi connectivity index (χ3n) is 3.83. The average Bonchev–Trinajstić information content (AvgIpc) is 2.57. The minimum Gasteiger partial charge on any atom is -0.479 e. The fourth-order valence-electron chi connectivity index (χ4n) is 2.55. The lowest BCUT2D eigenvalue weighted by Gasteiger charge is -2.32. The van der Waals surface area contributed by atoms with Crippen LogP contribution in [0.4, 0.5) is 5.69 Å². The number of ketones is 1. The van der Waals surface area contributed by atoms with Crippen LogP contribution < -0.4 is 9.64 Å². The number of carbonyl (C=O) groups excluding carboxylic acids is 3. The van der Waals surface area contributed by atoms with Crippen molar-refractivity contribution >= 4 is 23.3 Å². The first kappa shape index (κ1) is 19.0. The first-order valence-corrected chi connectivity index (χ1v) is 8.64. The predicted octanol–water partition coefficient (Wildman–Crippen LogP) is 2.98. The maximum atomic E-state index is 12.5.